The first-order valence-electron chi connectivity index (χ1n) is 10.4. The number of ether oxygens (including phenoxy) is 1. The van der Waals surface area contributed by atoms with Crippen molar-refractivity contribution < 1.29 is 14.3 Å². The number of likely N-dealkylation sites (tertiary alicyclic amines) is 1. The molecule has 7 heteroatoms. The van der Waals surface area contributed by atoms with Crippen LogP contribution in [0.2, 0.25) is 0 Å². The molecule has 0 bridgehead atoms. The third kappa shape index (κ3) is 4.44. The summed E-state index contributed by atoms with van der Waals surface area (Å²) in [6.07, 6.45) is 5.94. The maximum Gasteiger partial charge on any atom is 0.271 e. The van der Waals surface area contributed by atoms with Crippen LogP contribution >= 0.6 is 0 Å². The molecule has 0 unspecified atom stereocenters. The Morgan fingerprint density at radius 2 is 1.79 bits per heavy atom. The smallest absolute Gasteiger partial charge is 0.271 e. The Bertz CT molecular complexity index is 847. The Hall–Kier alpha value is -2.83. The van der Waals surface area contributed by atoms with Crippen LogP contribution in [0.4, 0.5) is 0 Å². The molecule has 2 N–H and O–H groups in total. The van der Waals surface area contributed by atoms with Crippen LogP contribution in [-0.4, -0.2) is 53.2 Å². The molecule has 2 heterocycles. The molecule has 2 amide bonds. The van der Waals surface area contributed by atoms with Gasteiger partial charge in [0.1, 0.15) is 11.4 Å². The van der Waals surface area contributed by atoms with Crippen molar-refractivity contribution in [2.45, 2.75) is 44.6 Å². The Morgan fingerprint density at radius 3 is 2.45 bits per heavy atom. The fourth-order valence-electron chi connectivity index (χ4n) is 4.25. The van der Waals surface area contributed by atoms with E-state index in [0.717, 1.165) is 55.5 Å². The number of aromatic amines is 1. The highest BCUT2D eigenvalue weighted by Gasteiger charge is 2.28. The highest BCUT2D eigenvalue weighted by Crippen LogP contribution is 2.26. The first-order valence-corrected chi connectivity index (χ1v) is 10.4. The number of nitrogens with one attached hydrogen (secondary N) is 2. The summed E-state index contributed by atoms with van der Waals surface area (Å²) in [6, 6.07) is 9.54. The van der Waals surface area contributed by atoms with Crippen LogP contribution < -0.4 is 10.1 Å². The van der Waals surface area contributed by atoms with Crippen molar-refractivity contribution in [2.24, 2.45) is 5.92 Å². The van der Waals surface area contributed by atoms with Gasteiger partial charge in [-0.1, -0.05) is 12.8 Å². The Kier molecular flexibility index (Phi) is 5.83. The minimum Gasteiger partial charge on any atom is -0.497 e. The summed E-state index contributed by atoms with van der Waals surface area (Å²) in [6.45, 7) is 1.29. The molecule has 2 fully saturated rings. The van der Waals surface area contributed by atoms with E-state index in [4.69, 9.17) is 4.74 Å². The van der Waals surface area contributed by atoms with Gasteiger partial charge in [-0.05, 0) is 56.0 Å². The third-order valence-electron chi connectivity index (χ3n) is 6.05. The number of amides is 2. The summed E-state index contributed by atoms with van der Waals surface area (Å²) in [5.74, 6) is 1.13. The molecule has 154 valence electrons. The predicted octanol–water partition coefficient (Wildman–Crippen LogP) is 3.00. The lowest BCUT2D eigenvalue weighted by molar-refractivity contribution is -0.125. The highest BCUT2D eigenvalue weighted by molar-refractivity contribution is 5.93. The molecule has 0 spiro atoms. The van der Waals surface area contributed by atoms with E-state index in [1.807, 2.05) is 29.2 Å². The lowest BCUT2D eigenvalue weighted by Gasteiger charge is -2.32. The third-order valence-corrected chi connectivity index (χ3v) is 6.05. The minimum absolute atomic E-state index is 0.0437. The number of carbonyl (C=O) groups excluding carboxylic acids is 2. The number of H-pyrrole nitrogens is 1. The predicted molar refractivity (Wildman–Crippen MR) is 110 cm³/mol. The van der Waals surface area contributed by atoms with E-state index in [2.05, 4.69) is 15.5 Å². The summed E-state index contributed by atoms with van der Waals surface area (Å²) in [5.41, 5.74) is 2.15. The average molecular weight is 396 g/mol. The van der Waals surface area contributed by atoms with E-state index in [9.17, 15) is 9.59 Å². The first kappa shape index (κ1) is 19.5. The van der Waals surface area contributed by atoms with E-state index >= 15 is 0 Å². The SMILES string of the molecule is COc1ccc(-c2cc(C(=O)N3CCC(NC(=O)C4CCCC4)CC3)[nH]n2)cc1. The fraction of sp³-hybridized carbons (Fsp3) is 0.500. The van der Waals surface area contributed by atoms with Gasteiger partial charge in [-0.2, -0.15) is 5.10 Å². The van der Waals surface area contributed by atoms with Crippen LogP contribution in [0.3, 0.4) is 0 Å². The number of hydrogen-bond acceptors (Lipinski definition) is 4. The minimum atomic E-state index is -0.0437. The van der Waals surface area contributed by atoms with E-state index < -0.39 is 0 Å². The Labute approximate surface area is 170 Å². The van der Waals surface area contributed by atoms with Crippen molar-refractivity contribution in [1.82, 2.24) is 20.4 Å². The van der Waals surface area contributed by atoms with Crippen LogP contribution in [0.5, 0.6) is 5.75 Å². The van der Waals surface area contributed by atoms with Gasteiger partial charge in [0, 0.05) is 30.6 Å². The molecule has 1 aromatic carbocycles. The van der Waals surface area contributed by atoms with Crippen LogP contribution in [0.15, 0.2) is 30.3 Å². The van der Waals surface area contributed by atoms with Crippen LogP contribution in [0.25, 0.3) is 11.3 Å². The van der Waals surface area contributed by atoms with Gasteiger partial charge in [-0.3, -0.25) is 14.7 Å². The van der Waals surface area contributed by atoms with Gasteiger partial charge < -0.3 is 15.0 Å². The molecule has 1 saturated heterocycles. The number of rotatable bonds is 5. The number of piperidine rings is 1. The van der Waals surface area contributed by atoms with Crippen molar-refractivity contribution in [1.29, 1.82) is 0 Å². The van der Waals surface area contributed by atoms with E-state index in [0.29, 0.717) is 18.8 Å². The maximum atomic E-state index is 12.8. The lowest BCUT2D eigenvalue weighted by atomic mass is 10.0. The summed E-state index contributed by atoms with van der Waals surface area (Å²) >= 11 is 0. The quantitative estimate of drug-likeness (QED) is 0.813. The molecule has 1 aliphatic heterocycles. The molecule has 7 nitrogen and oxygen atoms in total. The topological polar surface area (TPSA) is 87.3 Å². The van der Waals surface area contributed by atoms with Crippen molar-refractivity contribution in [3.8, 4) is 17.0 Å². The molecule has 1 aromatic heterocycles. The van der Waals surface area contributed by atoms with Crippen molar-refractivity contribution >= 4 is 11.8 Å². The molecule has 2 aliphatic rings. The number of benzene rings is 1. The number of methoxy groups -OCH3 is 1. The van der Waals surface area contributed by atoms with E-state index in [-0.39, 0.29) is 23.8 Å². The summed E-state index contributed by atoms with van der Waals surface area (Å²) in [4.78, 5) is 27.0. The molecule has 0 radical (unpaired) electrons. The summed E-state index contributed by atoms with van der Waals surface area (Å²) in [7, 11) is 1.63. The number of nitrogens with zero attached hydrogens (tertiary/aromatic N) is 2. The second-order valence-electron chi connectivity index (χ2n) is 7.95. The summed E-state index contributed by atoms with van der Waals surface area (Å²) < 4.78 is 5.17. The first-order chi connectivity index (χ1) is 14.1. The molecule has 4 rings (SSSR count). The fourth-order valence-corrected chi connectivity index (χ4v) is 4.25. The molecule has 29 heavy (non-hydrogen) atoms. The zero-order valence-electron chi connectivity index (χ0n) is 16.8. The average Bonchev–Trinajstić information content (AvgIpc) is 3.46. The van der Waals surface area contributed by atoms with Crippen LogP contribution in [0, 0.1) is 5.92 Å². The van der Waals surface area contributed by atoms with Crippen molar-refractivity contribution in [2.75, 3.05) is 20.2 Å². The zero-order valence-corrected chi connectivity index (χ0v) is 16.8. The van der Waals surface area contributed by atoms with Gasteiger partial charge in [0.25, 0.3) is 5.91 Å². The molecule has 1 aliphatic carbocycles. The van der Waals surface area contributed by atoms with Gasteiger partial charge in [-0.25, -0.2) is 0 Å². The Morgan fingerprint density at radius 1 is 1.10 bits per heavy atom. The Balaban J connectivity index is 1.31. The molecular weight excluding hydrogens is 368 g/mol. The second kappa shape index (κ2) is 8.68. The van der Waals surface area contributed by atoms with Gasteiger partial charge in [0.15, 0.2) is 0 Å². The zero-order chi connectivity index (χ0) is 20.2. The monoisotopic (exact) mass is 396 g/mol. The molecule has 0 atom stereocenters. The van der Waals surface area contributed by atoms with Gasteiger partial charge >= 0.3 is 0 Å². The standard InChI is InChI=1S/C22H28N4O3/c1-29-18-8-6-15(7-9-18)19-14-20(25-24-19)22(28)26-12-10-17(11-13-26)23-21(27)16-4-2-3-5-16/h6-9,14,16-17H,2-5,10-13H2,1H3,(H,23,27)(H,24,25). The number of carbonyl (C=O) groups is 2. The van der Waals surface area contributed by atoms with Crippen molar-refractivity contribution in [3.05, 3.63) is 36.0 Å². The normalized spacial score (nSPS) is 18.0. The highest BCUT2D eigenvalue weighted by atomic mass is 16.5. The summed E-state index contributed by atoms with van der Waals surface area (Å²) in [5, 5.41) is 10.3. The van der Waals surface area contributed by atoms with Crippen LogP contribution in [-0.2, 0) is 4.79 Å². The number of aromatic nitrogens is 2. The molecule has 2 aromatic rings. The molecular formula is C22H28N4O3. The largest absolute Gasteiger partial charge is 0.497 e. The van der Waals surface area contributed by atoms with Crippen LogP contribution in [0.1, 0.15) is 49.0 Å². The maximum absolute atomic E-state index is 12.8. The van der Waals surface area contributed by atoms with Gasteiger partial charge in [0.2, 0.25) is 5.91 Å². The molecule has 1 saturated carbocycles. The lowest BCUT2D eigenvalue weighted by Crippen LogP contribution is -2.47. The van der Waals surface area contributed by atoms with Gasteiger partial charge in [0.05, 0.1) is 12.8 Å². The van der Waals surface area contributed by atoms with Crippen molar-refractivity contribution in [3.63, 3.8) is 0 Å². The van der Waals surface area contributed by atoms with Gasteiger partial charge in [-0.15, -0.1) is 0 Å². The second-order valence-corrected chi connectivity index (χ2v) is 7.95. The number of hydrogen-bond donors (Lipinski definition) is 2. The van der Waals surface area contributed by atoms with E-state index in [1.165, 1.54) is 0 Å². The van der Waals surface area contributed by atoms with E-state index in [1.54, 1.807) is 13.2 Å².